The Labute approximate surface area is 124 Å². The summed E-state index contributed by atoms with van der Waals surface area (Å²) in [5.74, 6) is -1.02. The number of nitrogens with one attached hydrogen (secondary N) is 1. The molecule has 2 heterocycles. The van der Waals surface area contributed by atoms with Gasteiger partial charge in [-0.05, 0) is 26.0 Å². The fourth-order valence-corrected chi connectivity index (χ4v) is 4.15. The summed E-state index contributed by atoms with van der Waals surface area (Å²) in [6, 6.07) is 8.32. The van der Waals surface area contributed by atoms with Crippen molar-refractivity contribution < 1.29 is 17.9 Å². The van der Waals surface area contributed by atoms with Crippen molar-refractivity contribution >= 4 is 14.9 Å². The molecule has 3 rings (SSSR count). The maximum absolute atomic E-state index is 12.7. The summed E-state index contributed by atoms with van der Waals surface area (Å²) in [6.07, 6.45) is -0.313. The predicted molar refractivity (Wildman–Crippen MR) is 77.5 cm³/mol. The van der Waals surface area contributed by atoms with Crippen LogP contribution in [0.2, 0.25) is 0 Å². The highest BCUT2D eigenvalue weighted by atomic mass is 32.2. The fourth-order valence-electron chi connectivity index (χ4n) is 2.58. The van der Waals surface area contributed by atoms with Crippen molar-refractivity contribution in [3.8, 4) is 0 Å². The van der Waals surface area contributed by atoms with E-state index in [4.69, 9.17) is 9.47 Å². The Bertz CT molecular complexity index is 655. The molecular formula is C14H18N2O4S. The van der Waals surface area contributed by atoms with Crippen LogP contribution >= 0.6 is 0 Å². The number of hydrazone groups is 1. The van der Waals surface area contributed by atoms with E-state index in [1.807, 2.05) is 13.8 Å². The summed E-state index contributed by atoms with van der Waals surface area (Å²) >= 11 is 0. The second kappa shape index (κ2) is 5.08. The lowest BCUT2D eigenvalue weighted by molar-refractivity contribution is -0.141. The van der Waals surface area contributed by atoms with Gasteiger partial charge < -0.3 is 14.9 Å². The Balaban J connectivity index is 1.88. The number of sulfone groups is 1. The first kappa shape index (κ1) is 14.5. The largest absolute Gasteiger partial charge is 0.348 e. The second-order valence-electron chi connectivity index (χ2n) is 5.60. The molecule has 2 atom stereocenters. The van der Waals surface area contributed by atoms with Crippen LogP contribution < -0.4 is 5.43 Å². The van der Waals surface area contributed by atoms with Gasteiger partial charge in [0, 0.05) is 6.54 Å². The Kier molecular flexibility index (Phi) is 3.51. The predicted octanol–water partition coefficient (Wildman–Crippen LogP) is 1.14. The molecule has 1 fully saturated rings. The minimum Gasteiger partial charge on any atom is -0.348 e. The molecule has 6 nitrogen and oxygen atoms in total. The molecule has 0 aliphatic carbocycles. The van der Waals surface area contributed by atoms with Crippen LogP contribution in [0.5, 0.6) is 0 Å². The number of hydrogen-bond donors (Lipinski definition) is 1. The lowest BCUT2D eigenvalue weighted by Gasteiger charge is -2.21. The van der Waals surface area contributed by atoms with E-state index in [9.17, 15) is 8.42 Å². The van der Waals surface area contributed by atoms with Gasteiger partial charge in [-0.3, -0.25) is 0 Å². The first-order chi connectivity index (χ1) is 9.90. The Morgan fingerprint density at radius 3 is 2.62 bits per heavy atom. The molecule has 1 aromatic rings. The van der Waals surface area contributed by atoms with Crippen molar-refractivity contribution in [1.29, 1.82) is 0 Å². The first-order valence-electron chi connectivity index (χ1n) is 6.82. The third-order valence-electron chi connectivity index (χ3n) is 3.63. The van der Waals surface area contributed by atoms with Crippen molar-refractivity contribution in [1.82, 2.24) is 5.43 Å². The highest BCUT2D eigenvalue weighted by Gasteiger charge is 2.44. The van der Waals surface area contributed by atoms with Crippen LogP contribution in [0.25, 0.3) is 0 Å². The van der Waals surface area contributed by atoms with Crippen LogP contribution in [0.3, 0.4) is 0 Å². The Morgan fingerprint density at radius 1 is 1.29 bits per heavy atom. The number of hydrogen-bond acceptors (Lipinski definition) is 6. The maximum atomic E-state index is 12.7. The SMILES string of the molecule is CC1(C)OC[C@H]([C@H]2CNN=C2S(=O)(=O)c2ccccc2)O1. The zero-order valence-electron chi connectivity index (χ0n) is 11.9. The summed E-state index contributed by atoms with van der Waals surface area (Å²) in [6.45, 7) is 4.43. The fraction of sp³-hybridized carbons (Fsp3) is 0.500. The summed E-state index contributed by atoms with van der Waals surface area (Å²) in [7, 11) is -3.61. The van der Waals surface area contributed by atoms with Crippen LogP contribution in [0.15, 0.2) is 40.3 Å². The average Bonchev–Trinajstić information content (AvgIpc) is 3.06. The first-order valence-corrected chi connectivity index (χ1v) is 8.31. The summed E-state index contributed by atoms with van der Waals surface area (Å²) < 4.78 is 36.7. The minimum atomic E-state index is -3.61. The Hall–Kier alpha value is -1.44. The molecule has 2 aliphatic rings. The van der Waals surface area contributed by atoms with Crippen molar-refractivity contribution in [3.05, 3.63) is 30.3 Å². The van der Waals surface area contributed by atoms with Crippen LogP contribution in [-0.2, 0) is 19.3 Å². The molecule has 0 spiro atoms. The third-order valence-corrected chi connectivity index (χ3v) is 5.46. The maximum Gasteiger partial charge on any atom is 0.222 e. The summed E-state index contributed by atoms with van der Waals surface area (Å²) in [5, 5.41) is 4.13. The van der Waals surface area contributed by atoms with Gasteiger partial charge in [0.1, 0.15) is 0 Å². The zero-order valence-corrected chi connectivity index (χ0v) is 12.8. The van der Waals surface area contributed by atoms with E-state index in [0.717, 1.165) is 0 Å². The second-order valence-corrected chi connectivity index (χ2v) is 7.50. The molecule has 0 aromatic heterocycles. The molecule has 1 saturated heterocycles. The molecule has 0 saturated carbocycles. The molecule has 0 radical (unpaired) electrons. The van der Waals surface area contributed by atoms with E-state index in [0.29, 0.717) is 13.2 Å². The molecule has 114 valence electrons. The molecule has 1 N–H and O–H groups in total. The van der Waals surface area contributed by atoms with Gasteiger partial charge in [0.15, 0.2) is 10.8 Å². The number of ether oxygens (including phenoxy) is 2. The van der Waals surface area contributed by atoms with Crippen LogP contribution in [0.1, 0.15) is 13.8 Å². The molecule has 21 heavy (non-hydrogen) atoms. The highest BCUT2D eigenvalue weighted by Crippen LogP contribution is 2.31. The van der Waals surface area contributed by atoms with Crippen LogP contribution in [0, 0.1) is 5.92 Å². The monoisotopic (exact) mass is 310 g/mol. The van der Waals surface area contributed by atoms with Gasteiger partial charge >= 0.3 is 0 Å². The third kappa shape index (κ3) is 2.68. The van der Waals surface area contributed by atoms with E-state index < -0.39 is 15.6 Å². The van der Waals surface area contributed by atoms with E-state index in [1.54, 1.807) is 30.3 Å². The van der Waals surface area contributed by atoms with Gasteiger partial charge in [0.25, 0.3) is 0 Å². The van der Waals surface area contributed by atoms with Gasteiger partial charge in [-0.25, -0.2) is 8.42 Å². The van der Waals surface area contributed by atoms with Gasteiger partial charge in [-0.2, -0.15) is 5.10 Å². The van der Waals surface area contributed by atoms with E-state index >= 15 is 0 Å². The molecule has 0 bridgehead atoms. The summed E-state index contributed by atoms with van der Waals surface area (Å²) in [5.41, 5.74) is 2.78. The highest BCUT2D eigenvalue weighted by molar-refractivity contribution is 8.06. The van der Waals surface area contributed by atoms with Gasteiger partial charge in [0.2, 0.25) is 9.84 Å². The van der Waals surface area contributed by atoms with Gasteiger partial charge in [-0.15, -0.1) is 0 Å². The lowest BCUT2D eigenvalue weighted by Crippen LogP contribution is -2.36. The molecular weight excluding hydrogens is 292 g/mol. The van der Waals surface area contributed by atoms with E-state index in [1.165, 1.54) is 0 Å². The quantitative estimate of drug-likeness (QED) is 0.886. The van der Waals surface area contributed by atoms with Crippen molar-refractivity contribution in [2.45, 2.75) is 30.6 Å². The van der Waals surface area contributed by atoms with Crippen molar-refractivity contribution in [3.63, 3.8) is 0 Å². The van der Waals surface area contributed by atoms with Gasteiger partial charge in [0.05, 0.1) is 23.5 Å². The van der Waals surface area contributed by atoms with E-state index in [2.05, 4.69) is 10.5 Å². The number of rotatable bonds is 2. The zero-order chi connectivity index (χ0) is 15.1. The Morgan fingerprint density at radius 2 is 2.00 bits per heavy atom. The molecule has 7 heteroatoms. The van der Waals surface area contributed by atoms with Crippen LogP contribution in [-0.4, -0.2) is 38.5 Å². The van der Waals surface area contributed by atoms with E-state index in [-0.39, 0.29) is 22.0 Å². The standard InChI is InChI=1S/C14H18N2O4S/c1-14(2)19-9-12(20-14)11-8-15-16-13(11)21(17,18)10-6-4-3-5-7-10/h3-7,11-12,15H,8-9H2,1-2H3/t11-,12-/m1/s1. The molecule has 0 unspecified atom stereocenters. The smallest absolute Gasteiger partial charge is 0.222 e. The molecule has 1 aromatic carbocycles. The molecule has 0 amide bonds. The summed E-state index contributed by atoms with van der Waals surface area (Å²) in [4.78, 5) is 0.246. The van der Waals surface area contributed by atoms with Crippen molar-refractivity contribution in [2.24, 2.45) is 11.0 Å². The normalized spacial score (nSPS) is 28.2. The van der Waals surface area contributed by atoms with Crippen LogP contribution in [0.4, 0.5) is 0 Å². The average molecular weight is 310 g/mol. The number of benzene rings is 1. The van der Waals surface area contributed by atoms with Crippen molar-refractivity contribution in [2.75, 3.05) is 13.2 Å². The number of nitrogens with zero attached hydrogens (tertiary/aromatic N) is 1. The lowest BCUT2D eigenvalue weighted by atomic mass is 10.1. The molecule has 2 aliphatic heterocycles. The minimum absolute atomic E-state index is 0.125. The topological polar surface area (TPSA) is 77.0 Å². The van der Waals surface area contributed by atoms with Gasteiger partial charge in [-0.1, -0.05) is 18.2 Å².